The highest BCUT2D eigenvalue weighted by atomic mass is 32.2. The van der Waals surface area contributed by atoms with E-state index < -0.39 is 15.9 Å². The van der Waals surface area contributed by atoms with Gasteiger partial charge in [0.25, 0.3) is 15.9 Å². The average Bonchev–Trinajstić information content (AvgIpc) is 3.07. The van der Waals surface area contributed by atoms with Crippen LogP contribution in [0.15, 0.2) is 53.4 Å². The second kappa shape index (κ2) is 7.16. The van der Waals surface area contributed by atoms with Crippen LogP contribution in [0.3, 0.4) is 0 Å². The fourth-order valence-electron chi connectivity index (χ4n) is 2.62. The second-order valence-electron chi connectivity index (χ2n) is 7.40. The Kier molecular flexibility index (Phi) is 5.03. The van der Waals surface area contributed by atoms with Gasteiger partial charge in [0.15, 0.2) is 5.82 Å². The topological polar surface area (TPSA) is 107 Å². The zero-order chi connectivity index (χ0) is 20.5. The summed E-state index contributed by atoms with van der Waals surface area (Å²) >= 11 is 0. The third kappa shape index (κ3) is 4.09. The normalized spacial score (nSPS) is 12.0. The van der Waals surface area contributed by atoms with Gasteiger partial charge in [-0.1, -0.05) is 39.0 Å². The van der Waals surface area contributed by atoms with Crippen molar-refractivity contribution in [3.05, 3.63) is 65.5 Å². The summed E-state index contributed by atoms with van der Waals surface area (Å²) in [4.78, 5) is 12.5. The molecule has 1 N–H and O–H groups in total. The molecule has 0 bridgehead atoms. The smallest absolute Gasteiger partial charge is 0.265 e. The van der Waals surface area contributed by atoms with Crippen LogP contribution in [0.4, 0.5) is 0 Å². The van der Waals surface area contributed by atoms with Gasteiger partial charge < -0.3 is 0 Å². The summed E-state index contributed by atoms with van der Waals surface area (Å²) in [6, 6.07) is 12.9. The molecule has 1 amide bonds. The van der Waals surface area contributed by atoms with Crippen LogP contribution in [-0.4, -0.2) is 34.5 Å². The monoisotopic (exact) mass is 399 g/mol. The van der Waals surface area contributed by atoms with Crippen molar-refractivity contribution in [2.24, 2.45) is 0 Å². The van der Waals surface area contributed by atoms with Crippen LogP contribution < -0.4 is 4.72 Å². The Labute approximate surface area is 163 Å². The minimum absolute atomic E-state index is 0.0290. The van der Waals surface area contributed by atoms with Crippen molar-refractivity contribution in [2.45, 2.75) is 38.0 Å². The number of carbonyl (C=O) groups is 1. The summed E-state index contributed by atoms with van der Waals surface area (Å²) in [7, 11) is -3.99. The van der Waals surface area contributed by atoms with E-state index in [9.17, 15) is 13.2 Å². The lowest BCUT2D eigenvalue weighted by Crippen LogP contribution is -2.30. The lowest BCUT2D eigenvalue weighted by molar-refractivity contribution is 0.0981. The first kappa shape index (κ1) is 19.7. The molecule has 0 spiro atoms. The van der Waals surface area contributed by atoms with E-state index in [2.05, 4.69) is 20.2 Å². The first-order valence-electron chi connectivity index (χ1n) is 8.61. The molecule has 0 unspecified atom stereocenters. The molecule has 146 valence electrons. The van der Waals surface area contributed by atoms with E-state index in [0.717, 1.165) is 5.56 Å². The van der Waals surface area contributed by atoms with E-state index in [4.69, 9.17) is 0 Å². The number of nitrogens with one attached hydrogen (secondary N) is 1. The Morgan fingerprint density at radius 1 is 1.07 bits per heavy atom. The molecule has 0 aliphatic heterocycles. The highest BCUT2D eigenvalue weighted by Crippen LogP contribution is 2.23. The maximum atomic E-state index is 12.6. The summed E-state index contributed by atoms with van der Waals surface area (Å²) in [5.74, 6) is -0.184. The van der Waals surface area contributed by atoms with Gasteiger partial charge in [-0.15, -0.1) is 5.10 Å². The second-order valence-corrected chi connectivity index (χ2v) is 9.08. The fourth-order valence-corrected chi connectivity index (χ4v) is 3.60. The number of rotatable bonds is 4. The number of hydrogen-bond donors (Lipinski definition) is 1. The number of tetrazole rings is 1. The van der Waals surface area contributed by atoms with Crippen molar-refractivity contribution in [1.82, 2.24) is 24.9 Å². The quantitative estimate of drug-likeness (QED) is 0.722. The Hall–Kier alpha value is -3.07. The maximum absolute atomic E-state index is 12.6. The third-order valence-corrected chi connectivity index (χ3v) is 5.58. The molecule has 9 heteroatoms. The first-order valence-corrected chi connectivity index (χ1v) is 10.1. The molecule has 0 radical (unpaired) electrons. The van der Waals surface area contributed by atoms with Crippen LogP contribution in [0.2, 0.25) is 0 Å². The van der Waals surface area contributed by atoms with Gasteiger partial charge in [-0.3, -0.25) is 4.79 Å². The highest BCUT2D eigenvalue weighted by molar-refractivity contribution is 7.90. The summed E-state index contributed by atoms with van der Waals surface area (Å²) in [6.45, 7) is 7.84. The van der Waals surface area contributed by atoms with E-state index in [1.807, 2.05) is 20.8 Å². The lowest BCUT2D eigenvalue weighted by atomic mass is 9.87. The molecule has 2 aromatic carbocycles. The first-order chi connectivity index (χ1) is 13.1. The van der Waals surface area contributed by atoms with Gasteiger partial charge in [0.05, 0.1) is 10.6 Å². The fraction of sp³-hybridized carbons (Fsp3) is 0.263. The standard InChI is InChI=1S/C19H21N5O3S/c1-13-20-22-23-24(13)16-7-5-6-14(12-16)18(25)21-28(26,27)17-10-8-15(9-11-17)19(2,3)4/h5-12H,1-4H3,(H,21,25). The molecular weight excluding hydrogens is 378 g/mol. The van der Waals surface area contributed by atoms with Gasteiger partial charge in [-0.25, -0.2) is 13.1 Å². The molecule has 0 fully saturated rings. The predicted molar refractivity (Wildman–Crippen MR) is 104 cm³/mol. The van der Waals surface area contributed by atoms with Crippen LogP contribution in [0.25, 0.3) is 5.69 Å². The van der Waals surface area contributed by atoms with E-state index >= 15 is 0 Å². The zero-order valence-electron chi connectivity index (χ0n) is 16.0. The number of benzene rings is 2. The molecule has 0 aliphatic carbocycles. The SMILES string of the molecule is Cc1nnnn1-c1cccc(C(=O)NS(=O)(=O)c2ccc(C(C)(C)C)cc2)c1. The molecule has 0 saturated heterocycles. The molecular formula is C19H21N5O3S. The van der Waals surface area contributed by atoms with E-state index in [0.29, 0.717) is 11.5 Å². The summed E-state index contributed by atoms with van der Waals surface area (Å²) in [6.07, 6.45) is 0. The van der Waals surface area contributed by atoms with Crippen molar-refractivity contribution < 1.29 is 13.2 Å². The molecule has 1 heterocycles. The number of hydrogen-bond acceptors (Lipinski definition) is 6. The van der Waals surface area contributed by atoms with Crippen LogP contribution in [0.5, 0.6) is 0 Å². The Morgan fingerprint density at radius 3 is 2.32 bits per heavy atom. The van der Waals surface area contributed by atoms with Gasteiger partial charge in [-0.05, 0) is 58.7 Å². The number of aromatic nitrogens is 4. The predicted octanol–water partition coefficient (Wildman–Crippen LogP) is 2.39. The van der Waals surface area contributed by atoms with Crippen molar-refractivity contribution >= 4 is 15.9 Å². The van der Waals surface area contributed by atoms with Crippen molar-refractivity contribution in [3.63, 3.8) is 0 Å². The van der Waals surface area contributed by atoms with Crippen LogP contribution in [0.1, 0.15) is 42.5 Å². The molecule has 8 nitrogen and oxygen atoms in total. The minimum atomic E-state index is -3.99. The van der Waals surface area contributed by atoms with Crippen molar-refractivity contribution in [1.29, 1.82) is 0 Å². The molecule has 0 aliphatic rings. The number of aryl methyl sites for hydroxylation is 1. The highest BCUT2D eigenvalue weighted by Gasteiger charge is 2.21. The lowest BCUT2D eigenvalue weighted by Gasteiger charge is -2.19. The number of nitrogens with zero attached hydrogens (tertiary/aromatic N) is 4. The van der Waals surface area contributed by atoms with Crippen molar-refractivity contribution in [2.75, 3.05) is 0 Å². The summed E-state index contributed by atoms with van der Waals surface area (Å²) in [5, 5.41) is 11.2. The van der Waals surface area contributed by atoms with Crippen LogP contribution >= 0.6 is 0 Å². The van der Waals surface area contributed by atoms with Crippen molar-refractivity contribution in [3.8, 4) is 5.69 Å². The van der Waals surface area contributed by atoms with E-state index in [1.165, 1.54) is 28.9 Å². The van der Waals surface area contributed by atoms with E-state index in [-0.39, 0.29) is 15.9 Å². The molecule has 1 aromatic heterocycles. The van der Waals surface area contributed by atoms with E-state index in [1.54, 1.807) is 31.2 Å². The van der Waals surface area contributed by atoms with Gasteiger partial charge in [-0.2, -0.15) is 4.68 Å². The third-order valence-electron chi connectivity index (χ3n) is 4.24. The zero-order valence-corrected chi connectivity index (χ0v) is 16.9. The number of sulfonamides is 1. The molecule has 3 aromatic rings. The Bertz CT molecular complexity index is 1110. The Morgan fingerprint density at radius 2 is 1.75 bits per heavy atom. The van der Waals surface area contributed by atoms with Gasteiger partial charge >= 0.3 is 0 Å². The minimum Gasteiger partial charge on any atom is -0.268 e. The van der Waals surface area contributed by atoms with Crippen LogP contribution in [-0.2, 0) is 15.4 Å². The van der Waals surface area contributed by atoms with Gasteiger partial charge in [0.1, 0.15) is 0 Å². The molecule has 0 atom stereocenters. The summed E-state index contributed by atoms with van der Waals surface area (Å²) in [5.41, 5.74) is 1.65. The van der Waals surface area contributed by atoms with Crippen LogP contribution in [0, 0.1) is 6.92 Å². The van der Waals surface area contributed by atoms with Gasteiger partial charge in [0.2, 0.25) is 0 Å². The molecule has 28 heavy (non-hydrogen) atoms. The largest absolute Gasteiger partial charge is 0.268 e. The Balaban J connectivity index is 1.83. The number of carbonyl (C=O) groups excluding carboxylic acids is 1. The average molecular weight is 399 g/mol. The molecule has 0 saturated carbocycles. The van der Waals surface area contributed by atoms with Gasteiger partial charge in [0, 0.05) is 5.56 Å². The summed E-state index contributed by atoms with van der Waals surface area (Å²) < 4.78 is 28.7. The number of amides is 1. The molecule has 3 rings (SSSR count). The maximum Gasteiger partial charge on any atom is 0.265 e.